The molecule has 0 aliphatic heterocycles. The number of alkyl halides is 4. The van der Waals surface area contributed by atoms with Crippen LogP contribution in [0, 0.1) is 13.8 Å². The molecule has 0 amide bonds. The van der Waals surface area contributed by atoms with Crippen LogP contribution in [0.25, 0.3) is 0 Å². The Morgan fingerprint density at radius 1 is 0.597 bits per heavy atom. The Morgan fingerprint density at radius 2 is 0.903 bits per heavy atom. The third-order valence-corrected chi connectivity index (χ3v) is 15.0. The zero-order valence-corrected chi connectivity index (χ0v) is 39.5. The normalized spacial score (nSPS) is 10.7. The summed E-state index contributed by atoms with van der Waals surface area (Å²) in [5.41, 5.74) is 0.461. The molecule has 6 aromatic carbocycles. The standard InChI is InChI=1S/C28H29NP2.C11H12F2O2.C9H10F2O.CHO.ClH.Ru.H/c1-5-13-25(14-6-1)30(26-15-7-2-8-16-26)23-21-29-22-24-31(27-17-9-3-10-18-27)28-19-11-4-12-20-28;1-3-15-10(14)11(12,13)9-7-5-4-6-8(9)2;1-7-4-2-3-5-8(7)9(10,11)6-12;1-2;;;/h1-20,29H,21-24H2;4-7H,3H2,1-2H3;2-5,12H,6H2,1H3;1H;1H;;/q;;;-1;;+3;/p+1. The molecule has 6 aromatic rings. The van der Waals surface area contributed by atoms with Gasteiger partial charge in [-0.2, -0.15) is 17.6 Å². The summed E-state index contributed by atoms with van der Waals surface area (Å²) >= 11 is 1.62. The summed E-state index contributed by atoms with van der Waals surface area (Å²) in [4.78, 5) is 18.8. The zero-order chi connectivity index (χ0) is 45.8. The van der Waals surface area contributed by atoms with Gasteiger partial charge in [0.05, 0.1) is 56.0 Å². The Hall–Kier alpha value is -4.13. The molecule has 0 fully saturated rings. The molecule has 0 aliphatic carbocycles. The first-order valence-corrected chi connectivity index (χ1v) is 25.5. The van der Waals surface area contributed by atoms with Gasteiger partial charge in [-0.15, -0.1) is 0 Å². The molecule has 13 heteroatoms. The van der Waals surface area contributed by atoms with Crippen molar-refractivity contribution in [2.75, 3.05) is 38.6 Å². The summed E-state index contributed by atoms with van der Waals surface area (Å²) in [6, 6.07) is 56.2. The predicted octanol–water partition coefficient (Wildman–Crippen LogP) is 9.18. The smallest absolute Gasteiger partial charge is 0.0967 e. The number of esters is 1. The molecule has 0 heterocycles. The Kier molecular flexibility index (Phi) is 26.2. The number of carbonyl (C=O) groups is 1. The van der Waals surface area contributed by atoms with Crippen LogP contribution in [0.4, 0.5) is 17.6 Å². The van der Waals surface area contributed by atoms with Gasteiger partial charge < -0.3 is 20.0 Å². The largest absolute Gasteiger partial charge is 0.310 e. The minimum atomic E-state index is -3.57. The fraction of sp³-hybridized carbons (Fsp3) is 0.224. The van der Waals surface area contributed by atoms with Crippen molar-refractivity contribution in [1.29, 1.82) is 0 Å². The van der Waals surface area contributed by atoms with Gasteiger partial charge in [0.15, 0.2) is 0 Å². The van der Waals surface area contributed by atoms with Crippen molar-refractivity contribution in [2.45, 2.75) is 32.6 Å². The average Bonchev–Trinajstić information content (AvgIpc) is 3.32. The van der Waals surface area contributed by atoms with Gasteiger partial charge in [-0.3, -0.25) is 6.79 Å². The van der Waals surface area contributed by atoms with E-state index in [1.165, 1.54) is 77.7 Å². The second kappa shape index (κ2) is 30.0. The number of carbonyl (C=O) groups excluding carboxylic acids is 2. The van der Waals surface area contributed by atoms with E-state index in [1.54, 1.807) is 42.4 Å². The molecule has 6 rings (SSSR count). The Balaban J connectivity index is 0.000000355. The predicted molar refractivity (Wildman–Crippen MR) is 251 cm³/mol. The van der Waals surface area contributed by atoms with Crippen molar-refractivity contribution in [1.82, 2.24) is 5.32 Å². The number of nitrogens with one attached hydrogen (secondary N) is 1. The molecule has 0 spiro atoms. The number of aliphatic hydroxyl groups excluding tert-OH is 1. The van der Waals surface area contributed by atoms with Crippen LogP contribution >= 0.6 is 25.5 Å². The van der Waals surface area contributed by atoms with Crippen LogP contribution in [0.2, 0.25) is 0 Å². The van der Waals surface area contributed by atoms with Crippen molar-refractivity contribution in [3.8, 4) is 0 Å². The first-order valence-electron chi connectivity index (χ1n) is 19.7. The minimum Gasteiger partial charge on any atom is -0.310 e. The molecule has 0 atom stereocenters. The number of benzene rings is 6. The molecule has 0 saturated heterocycles. The number of halogens is 5. The molecule has 62 heavy (non-hydrogen) atoms. The summed E-state index contributed by atoms with van der Waals surface area (Å²) in [7, 11) is 3.09. The maximum Gasteiger partial charge on any atom is 0.0967 e. The van der Waals surface area contributed by atoms with Crippen molar-refractivity contribution in [3.05, 3.63) is 192 Å². The fourth-order valence-electron chi connectivity index (χ4n) is 6.35. The quantitative estimate of drug-likeness (QED) is 0.0204. The SMILES string of the molecule is CCOC(=O)C(F)(F)c1ccccc1C.Cc1ccccc1C(F)(F)CO.[CH-]=O.[Cl][RuH+2].c1ccc([PH+](CCNCC[PH+](c2ccccc2)c2ccccc2)c2ccccc2)cc1. The molecule has 0 aliphatic rings. The van der Waals surface area contributed by atoms with Gasteiger partial charge in [-0.25, -0.2) is 4.79 Å². The van der Waals surface area contributed by atoms with Crippen LogP contribution in [0.5, 0.6) is 0 Å². The third-order valence-electron chi connectivity index (χ3n) is 9.35. The molecule has 0 unspecified atom stereocenters. The van der Waals surface area contributed by atoms with E-state index < -0.39 is 40.3 Å². The molecule has 330 valence electrons. The summed E-state index contributed by atoms with van der Waals surface area (Å²) in [5, 5.41) is 18.2. The van der Waals surface area contributed by atoms with Gasteiger partial charge in [0.2, 0.25) is 0 Å². The number of aliphatic hydroxyl groups is 1. The fourth-order valence-corrected chi connectivity index (χ4v) is 11.4. The van der Waals surface area contributed by atoms with Crippen LogP contribution in [0.15, 0.2) is 170 Å². The Bertz CT molecular complexity index is 1950. The topological polar surface area (TPSA) is 75.6 Å². The van der Waals surface area contributed by atoms with Crippen molar-refractivity contribution in [2.24, 2.45) is 0 Å². The molecule has 0 aromatic heterocycles. The van der Waals surface area contributed by atoms with E-state index in [4.69, 9.17) is 9.90 Å². The maximum absolute atomic E-state index is 13.5. The number of hydrogen-bond acceptors (Lipinski definition) is 5. The average molecular weight is 996 g/mol. The van der Waals surface area contributed by atoms with E-state index in [9.17, 15) is 22.4 Å². The summed E-state index contributed by atoms with van der Waals surface area (Å²) in [6.07, 6.45) is 2.41. The third kappa shape index (κ3) is 17.6. The number of aryl methyl sites for hydroxylation is 2. The second-order valence-electron chi connectivity index (χ2n) is 13.5. The monoisotopic (exact) mass is 996 g/mol. The number of ether oxygens (including phenoxy) is 1. The molecule has 2 N–H and O–H groups in total. The first-order chi connectivity index (χ1) is 30.0. The number of rotatable bonds is 15. The van der Waals surface area contributed by atoms with E-state index >= 15 is 0 Å². The van der Waals surface area contributed by atoms with Gasteiger partial charge >= 0.3 is 38.9 Å². The molecule has 0 radical (unpaired) electrons. The second-order valence-corrected chi connectivity index (χ2v) is 18.7. The van der Waals surface area contributed by atoms with Gasteiger partial charge in [-0.1, -0.05) is 121 Å². The maximum atomic E-state index is 13.5. The van der Waals surface area contributed by atoms with Crippen LogP contribution in [0.3, 0.4) is 0 Å². The zero-order valence-electron chi connectivity index (χ0n) is 34.9. The molecular weight excluding hydrogens is 941 g/mol. The van der Waals surface area contributed by atoms with Crippen molar-refractivity contribution in [3.63, 3.8) is 0 Å². The van der Waals surface area contributed by atoms with Gasteiger partial charge in [-0.05, 0) is 80.4 Å². The molecule has 0 bridgehead atoms. The van der Waals surface area contributed by atoms with Crippen molar-refractivity contribution >= 4 is 59.5 Å². The van der Waals surface area contributed by atoms with E-state index in [1.807, 2.05) is 0 Å². The summed E-state index contributed by atoms with van der Waals surface area (Å²) in [5.74, 6) is -8.19. The van der Waals surface area contributed by atoms with E-state index in [2.05, 4.69) is 148 Å². The van der Waals surface area contributed by atoms with E-state index in [-0.39, 0.29) is 17.7 Å². The molecule has 0 saturated carbocycles. The van der Waals surface area contributed by atoms with Crippen LogP contribution in [0.1, 0.15) is 29.2 Å². The van der Waals surface area contributed by atoms with Crippen LogP contribution in [-0.4, -0.2) is 56.5 Å². The van der Waals surface area contributed by atoms with Gasteiger partial charge in [0.25, 0.3) is 5.92 Å². The van der Waals surface area contributed by atoms with Gasteiger partial charge in [0.1, 0.15) is 6.61 Å². The molecule has 5 nitrogen and oxygen atoms in total. The summed E-state index contributed by atoms with van der Waals surface area (Å²) < 4.78 is 57.2. The van der Waals surface area contributed by atoms with Crippen LogP contribution in [-0.2, 0) is 43.5 Å². The van der Waals surface area contributed by atoms with E-state index in [0.29, 0.717) is 11.1 Å². The van der Waals surface area contributed by atoms with E-state index in [0.717, 1.165) is 13.1 Å². The number of hydrogen-bond donors (Lipinski definition) is 2. The first kappa shape index (κ1) is 54.0. The Morgan fingerprint density at radius 3 is 1.21 bits per heavy atom. The minimum absolute atomic E-state index is 0.0553. The molecular formula is C49H55ClF4NO4P2Ru+3. The Labute approximate surface area is 380 Å². The van der Waals surface area contributed by atoms with Gasteiger partial charge in [0, 0.05) is 24.2 Å². The van der Waals surface area contributed by atoms with Crippen LogP contribution < -0.4 is 26.5 Å². The van der Waals surface area contributed by atoms with Crippen molar-refractivity contribution < 1.29 is 54.3 Å². The summed E-state index contributed by atoms with van der Waals surface area (Å²) in [6.45, 7) is 8.80.